The quantitative estimate of drug-likeness (QED) is 0.849. The van der Waals surface area contributed by atoms with Gasteiger partial charge in [0, 0.05) is 12.2 Å². The van der Waals surface area contributed by atoms with Gasteiger partial charge in [-0.2, -0.15) is 0 Å². The summed E-state index contributed by atoms with van der Waals surface area (Å²) in [6.07, 6.45) is 5.06. The number of hydrogen-bond donors (Lipinski definition) is 1. The smallest absolute Gasteiger partial charge is 0.106 e. The SMILES string of the molecule is CCNCC(C)Cn1c(C)nc2c1CCCC2. The van der Waals surface area contributed by atoms with Crippen molar-refractivity contribution >= 4 is 0 Å². The van der Waals surface area contributed by atoms with Gasteiger partial charge in [-0.05, 0) is 51.6 Å². The maximum atomic E-state index is 4.73. The number of fused-ring (bicyclic) bond motifs is 1. The second-order valence-corrected chi connectivity index (χ2v) is 5.28. The molecule has 3 nitrogen and oxygen atoms in total. The fraction of sp³-hybridized carbons (Fsp3) is 0.786. The van der Waals surface area contributed by atoms with Crippen molar-refractivity contribution in [3.05, 3.63) is 17.2 Å². The van der Waals surface area contributed by atoms with Gasteiger partial charge in [0.15, 0.2) is 0 Å². The Morgan fingerprint density at radius 2 is 2.12 bits per heavy atom. The van der Waals surface area contributed by atoms with Crippen LogP contribution in [-0.4, -0.2) is 22.6 Å². The molecule has 17 heavy (non-hydrogen) atoms. The second kappa shape index (κ2) is 5.67. The molecule has 0 bridgehead atoms. The van der Waals surface area contributed by atoms with E-state index in [2.05, 4.69) is 30.7 Å². The average Bonchev–Trinajstić information content (AvgIpc) is 2.64. The van der Waals surface area contributed by atoms with Crippen molar-refractivity contribution in [2.75, 3.05) is 13.1 Å². The lowest BCUT2D eigenvalue weighted by Gasteiger charge is -2.18. The van der Waals surface area contributed by atoms with Gasteiger partial charge in [-0.3, -0.25) is 0 Å². The molecule has 1 N–H and O–H groups in total. The fourth-order valence-corrected chi connectivity index (χ4v) is 2.74. The van der Waals surface area contributed by atoms with Crippen LogP contribution in [0.5, 0.6) is 0 Å². The molecule has 1 atom stereocenters. The normalized spacial score (nSPS) is 16.9. The van der Waals surface area contributed by atoms with Gasteiger partial charge in [0.25, 0.3) is 0 Å². The highest BCUT2D eigenvalue weighted by atomic mass is 15.1. The number of hydrogen-bond acceptors (Lipinski definition) is 2. The number of imidazole rings is 1. The Kier molecular flexibility index (Phi) is 4.21. The van der Waals surface area contributed by atoms with E-state index in [9.17, 15) is 0 Å². The van der Waals surface area contributed by atoms with E-state index in [0.29, 0.717) is 5.92 Å². The maximum absolute atomic E-state index is 4.73. The summed E-state index contributed by atoms with van der Waals surface area (Å²) in [5.74, 6) is 1.88. The average molecular weight is 235 g/mol. The van der Waals surface area contributed by atoms with E-state index in [-0.39, 0.29) is 0 Å². The number of nitrogens with zero attached hydrogens (tertiary/aromatic N) is 2. The van der Waals surface area contributed by atoms with E-state index in [1.807, 2.05) is 0 Å². The molecule has 1 aliphatic rings. The number of nitrogens with one attached hydrogen (secondary N) is 1. The Labute approximate surface area is 105 Å². The van der Waals surface area contributed by atoms with Gasteiger partial charge in [0.2, 0.25) is 0 Å². The van der Waals surface area contributed by atoms with E-state index in [0.717, 1.165) is 19.6 Å². The molecular weight excluding hydrogens is 210 g/mol. The minimum absolute atomic E-state index is 0.675. The fourth-order valence-electron chi connectivity index (χ4n) is 2.74. The van der Waals surface area contributed by atoms with Crippen molar-refractivity contribution in [3.63, 3.8) is 0 Å². The number of aromatic nitrogens is 2. The summed E-state index contributed by atoms with van der Waals surface area (Å²) in [6, 6.07) is 0. The van der Waals surface area contributed by atoms with Crippen molar-refractivity contribution in [2.24, 2.45) is 5.92 Å². The zero-order valence-electron chi connectivity index (χ0n) is 11.4. The van der Waals surface area contributed by atoms with Crippen molar-refractivity contribution in [1.82, 2.24) is 14.9 Å². The van der Waals surface area contributed by atoms with Crippen molar-refractivity contribution < 1.29 is 0 Å². The van der Waals surface area contributed by atoms with Crippen LogP contribution in [-0.2, 0) is 19.4 Å². The minimum atomic E-state index is 0.675. The van der Waals surface area contributed by atoms with Gasteiger partial charge in [0.1, 0.15) is 5.82 Å². The topological polar surface area (TPSA) is 29.9 Å². The van der Waals surface area contributed by atoms with E-state index in [1.165, 1.54) is 42.9 Å². The molecule has 0 radical (unpaired) electrons. The van der Waals surface area contributed by atoms with Gasteiger partial charge in [-0.15, -0.1) is 0 Å². The molecule has 1 aromatic rings. The molecule has 1 unspecified atom stereocenters. The molecule has 2 rings (SSSR count). The summed E-state index contributed by atoms with van der Waals surface area (Å²) < 4.78 is 2.45. The third kappa shape index (κ3) is 2.89. The van der Waals surface area contributed by atoms with Crippen LogP contribution in [0.2, 0.25) is 0 Å². The molecule has 0 fully saturated rings. The highest BCUT2D eigenvalue weighted by molar-refractivity contribution is 5.19. The summed E-state index contributed by atoms with van der Waals surface area (Å²) in [4.78, 5) is 4.73. The van der Waals surface area contributed by atoms with Gasteiger partial charge >= 0.3 is 0 Å². The monoisotopic (exact) mass is 235 g/mol. The summed E-state index contributed by atoms with van der Waals surface area (Å²) in [5.41, 5.74) is 2.88. The predicted molar refractivity (Wildman–Crippen MR) is 71.3 cm³/mol. The molecule has 0 saturated heterocycles. The Morgan fingerprint density at radius 1 is 1.35 bits per heavy atom. The lowest BCUT2D eigenvalue weighted by molar-refractivity contribution is 0.435. The second-order valence-electron chi connectivity index (χ2n) is 5.28. The number of aryl methyl sites for hydroxylation is 2. The highest BCUT2D eigenvalue weighted by Crippen LogP contribution is 2.22. The summed E-state index contributed by atoms with van der Waals surface area (Å²) in [5, 5.41) is 3.43. The van der Waals surface area contributed by atoms with E-state index in [4.69, 9.17) is 4.98 Å². The van der Waals surface area contributed by atoms with Crippen LogP contribution in [0.4, 0.5) is 0 Å². The van der Waals surface area contributed by atoms with Crippen molar-refractivity contribution in [1.29, 1.82) is 0 Å². The lowest BCUT2D eigenvalue weighted by atomic mass is 10.0. The van der Waals surface area contributed by atoms with Gasteiger partial charge in [0.05, 0.1) is 5.69 Å². The Hall–Kier alpha value is -0.830. The lowest BCUT2D eigenvalue weighted by Crippen LogP contribution is -2.25. The first-order valence-corrected chi connectivity index (χ1v) is 6.98. The molecule has 0 aliphatic heterocycles. The minimum Gasteiger partial charge on any atom is -0.332 e. The van der Waals surface area contributed by atoms with Crippen LogP contribution in [0.1, 0.15) is 43.9 Å². The zero-order chi connectivity index (χ0) is 12.3. The Morgan fingerprint density at radius 3 is 2.88 bits per heavy atom. The molecule has 0 saturated carbocycles. The summed E-state index contributed by atoms with van der Waals surface area (Å²) in [6.45, 7) is 9.90. The maximum Gasteiger partial charge on any atom is 0.106 e. The Bertz CT molecular complexity index is 368. The van der Waals surface area contributed by atoms with Crippen LogP contribution in [0, 0.1) is 12.8 Å². The molecular formula is C14H25N3. The van der Waals surface area contributed by atoms with E-state index < -0.39 is 0 Å². The third-order valence-corrected chi connectivity index (χ3v) is 3.66. The molecule has 3 heteroatoms. The van der Waals surface area contributed by atoms with Gasteiger partial charge < -0.3 is 9.88 Å². The van der Waals surface area contributed by atoms with E-state index in [1.54, 1.807) is 0 Å². The van der Waals surface area contributed by atoms with Crippen LogP contribution in [0.15, 0.2) is 0 Å². The van der Waals surface area contributed by atoms with Crippen LogP contribution in [0.25, 0.3) is 0 Å². The van der Waals surface area contributed by atoms with Crippen molar-refractivity contribution in [3.8, 4) is 0 Å². The largest absolute Gasteiger partial charge is 0.332 e. The standard InChI is InChI=1S/C14H25N3/c1-4-15-9-11(2)10-17-12(3)16-13-7-5-6-8-14(13)17/h11,15H,4-10H2,1-3H3. The first-order valence-electron chi connectivity index (χ1n) is 6.98. The molecule has 0 amide bonds. The zero-order valence-corrected chi connectivity index (χ0v) is 11.4. The Balaban J connectivity index is 2.07. The number of rotatable bonds is 5. The summed E-state index contributed by atoms with van der Waals surface area (Å²) >= 11 is 0. The third-order valence-electron chi connectivity index (χ3n) is 3.66. The molecule has 1 heterocycles. The van der Waals surface area contributed by atoms with Crippen molar-refractivity contribution in [2.45, 2.75) is 53.0 Å². The molecule has 1 aromatic heterocycles. The van der Waals surface area contributed by atoms with E-state index >= 15 is 0 Å². The van der Waals surface area contributed by atoms with Crippen LogP contribution in [0.3, 0.4) is 0 Å². The molecule has 1 aliphatic carbocycles. The predicted octanol–water partition coefficient (Wildman–Crippen LogP) is 2.32. The summed E-state index contributed by atoms with van der Waals surface area (Å²) in [7, 11) is 0. The molecule has 0 aromatic carbocycles. The molecule has 0 spiro atoms. The van der Waals surface area contributed by atoms with Gasteiger partial charge in [-0.25, -0.2) is 4.98 Å². The van der Waals surface area contributed by atoms with Crippen LogP contribution < -0.4 is 5.32 Å². The molecule has 96 valence electrons. The first-order chi connectivity index (χ1) is 8.22. The highest BCUT2D eigenvalue weighted by Gasteiger charge is 2.18. The van der Waals surface area contributed by atoms with Gasteiger partial charge in [-0.1, -0.05) is 13.8 Å². The van der Waals surface area contributed by atoms with Crippen LogP contribution >= 0.6 is 0 Å². The first kappa shape index (κ1) is 12.6.